The summed E-state index contributed by atoms with van der Waals surface area (Å²) in [7, 11) is 0. The molecule has 14 nitrogen and oxygen atoms in total. The molecule has 23 aromatic rings. The highest BCUT2D eigenvalue weighted by molar-refractivity contribution is 6.13. The van der Waals surface area contributed by atoms with E-state index < -0.39 is 0 Å². The maximum absolute atomic E-state index is 6.18. The molecular weight excluding hydrogens is 1480 g/mol. The van der Waals surface area contributed by atoms with Gasteiger partial charge in [-0.1, -0.05) is 188 Å². The molecule has 0 fully saturated rings. The summed E-state index contributed by atoms with van der Waals surface area (Å²) in [5, 5.41) is 7.27. The number of benzene rings is 13. The molecule has 566 valence electrons. The van der Waals surface area contributed by atoms with E-state index in [9.17, 15) is 0 Å². The number of fused-ring (bicyclic) bond motifs is 7. The highest BCUT2D eigenvalue weighted by atomic mass is 16.4. The number of para-hydroxylation sites is 8. The Kier molecular flexibility index (Phi) is 19.7. The van der Waals surface area contributed by atoms with Gasteiger partial charge in [0.25, 0.3) is 0 Å². The molecule has 0 aliphatic carbocycles. The van der Waals surface area contributed by atoms with Gasteiger partial charge in [0.05, 0.1) is 5.69 Å². The summed E-state index contributed by atoms with van der Waals surface area (Å²) in [6, 6.07) is 119. The molecule has 120 heavy (non-hydrogen) atoms. The minimum Gasteiger partial charge on any atom is -0.436 e. The highest BCUT2D eigenvalue weighted by Crippen LogP contribution is 2.43. The average molecular weight is 1550 g/mol. The third kappa shape index (κ3) is 15.3. The van der Waals surface area contributed by atoms with Crippen LogP contribution in [0.4, 0.5) is 0 Å². The first kappa shape index (κ1) is 72.4. The van der Waals surface area contributed by atoms with Crippen molar-refractivity contribution in [3.63, 3.8) is 0 Å². The molecule has 23 rings (SSSR count). The normalized spacial score (nSPS) is 11.2. The Bertz CT molecular complexity index is 7110. The van der Waals surface area contributed by atoms with Gasteiger partial charge in [-0.3, -0.25) is 24.9 Å². The molecule has 0 radical (unpaired) electrons. The summed E-state index contributed by atoms with van der Waals surface area (Å²) >= 11 is 0. The number of pyridine rings is 6. The second-order valence-electron chi connectivity index (χ2n) is 28.8. The number of oxazole rings is 4. The fraction of sp³-hybridized carbons (Fsp3) is 0. The Labute approximate surface area is 688 Å². The van der Waals surface area contributed by atoms with Gasteiger partial charge >= 0.3 is 0 Å². The van der Waals surface area contributed by atoms with Crippen molar-refractivity contribution in [3.05, 3.63) is 414 Å². The molecule has 0 aliphatic heterocycles. The van der Waals surface area contributed by atoms with Crippen molar-refractivity contribution in [2.45, 2.75) is 0 Å². The molecule has 0 unspecified atom stereocenters. The Balaban J connectivity index is 0.000000103. The zero-order chi connectivity index (χ0) is 79.9. The fourth-order valence-corrected chi connectivity index (χ4v) is 15.2. The van der Waals surface area contributed by atoms with E-state index in [1.807, 2.05) is 189 Å². The van der Waals surface area contributed by atoms with Crippen molar-refractivity contribution in [2.24, 2.45) is 0 Å². The third-order valence-electron chi connectivity index (χ3n) is 21.0. The largest absolute Gasteiger partial charge is 0.436 e. The smallest absolute Gasteiger partial charge is 0.246 e. The lowest BCUT2D eigenvalue weighted by Gasteiger charge is -2.14. The SMILES string of the molecule is c1ccc(-c2cc(-c3cccnc3)cc(-c3nc4ccccc4o3)c2)cc1.c1cncc(-c2cc(-c3cccc4ccccc34)cc(-c3nc4ccccc4o3)n2)c1.c1cncc(-c2cc(-c3ccncc3)cc(-c3nc4ccccc4o3)c2)c1.c1cncc(-c2cc(-c3nc4ccccc4o3)cc(-c3c4ccccc4cc4ccccc34)c2)c1. The van der Waals surface area contributed by atoms with Crippen molar-refractivity contribution in [3.8, 4) is 135 Å². The van der Waals surface area contributed by atoms with Crippen molar-refractivity contribution in [1.82, 2.24) is 49.8 Å². The summed E-state index contributed by atoms with van der Waals surface area (Å²) in [5.74, 6) is 2.35. The van der Waals surface area contributed by atoms with Gasteiger partial charge in [0.1, 0.15) is 27.8 Å². The van der Waals surface area contributed by atoms with E-state index in [0.29, 0.717) is 29.3 Å². The molecule has 13 aromatic carbocycles. The second-order valence-corrected chi connectivity index (χ2v) is 28.8. The topological polar surface area (TPSA) is 181 Å². The molecule has 0 atom stereocenters. The molecule has 0 saturated heterocycles. The molecular formula is C106H68N10O4. The number of aromatic nitrogens is 10. The predicted octanol–water partition coefficient (Wildman–Crippen LogP) is 27.1. The summed E-state index contributed by atoms with van der Waals surface area (Å²) in [4.78, 5) is 44.9. The molecule has 0 spiro atoms. The van der Waals surface area contributed by atoms with Gasteiger partial charge in [-0.2, -0.15) is 0 Å². The van der Waals surface area contributed by atoms with Crippen molar-refractivity contribution >= 4 is 76.7 Å². The Morgan fingerprint density at radius 3 is 0.975 bits per heavy atom. The summed E-state index contributed by atoms with van der Waals surface area (Å²) in [6.45, 7) is 0. The molecule has 0 amide bonds. The quantitative estimate of drug-likeness (QED) is 0.105. The van der Waals surface area contributed by atoms with Crippen LogP contribution in [0.3, 0.4) is 0 Å². The lowest BCUT2D eigenvalue weighted by Crippen LogP contribution is -1.92. The van der Waals surface area contributed by atoms with Gasteiger partial charge in [-0.25, -0.2) is 24.9 Å². The van der Waals surface area contributed by atoms with E-state index in [0.717, 1.165) is 145 Å². The van der Waals surface area contributed by atoms with Gasteiger partial charge in [-0.15, -0.1) is 0 Å². The van der Waals surface area contributed by atoms with Crippen LogP contribution in [0.1, 0.15) is 0 Å². The van der Waals surface area contributed by atoms with Gasteiger partial charge in [-0.05, 0) is 257 Å². The van der Waals surface area contributed by atoms with Crippen LogP contribution in [0.15, 0.2) is 431 Å². The highest BCUT2D eigenvalue weighted by Gasteiger charge is 2.21. The molecule has 0 bridgehead atoms. The number of hydrogen-bond acceptors (Lipinski definition) is 14. The van der Waals surface area contributed by atoms with Crippen molar-refractivity contribution in [1.29, 1.82) is 0 Å². The van der Waals surface area contributed by atoms with Gasteiger partial charge in [0, 0.05) is 101 Å². The van der Waals surface area contributed by atoms with Crippen LogP contribution in [0.5, 0.6) is 0 Å². The van der Waals surface area contributed by atoms with Crippen LogP contribution in [0, 0.1) is 0 Å². The van der Waals surface area contributed by atoms with Crippen LogP contribution in [0.25, 0.3) is 212 Å². The lowest BCUT2D eigenvalue weighted by molar-refractivity contribution is 0.617. The lowest BCUT2D eigenvalue weighted by atomic mass is 9.89. The second kappa shape index (κ2) is 32.7. The van der Waals surface area contributed by atoms with E-state index in [1.165, 1.54) is 37.9 Å². The molecule has 14 heteroatoms. The third-order valence-corrected chi connectivity index (χ3v) is 21.0. The summed E-state index contributed by atoms with van der Waals surface area (Å²) < 4.78 is 24.2. The maximum atomic E-state index is 6.18. The van der Waals surface area contributed by atoms with E-state index in [-0.39, 0.29) is 0 Å². The van der Waals surface area contributed by atoms with Gasteiger partial charge in [0.2, 0.25) is 23.6 Å². The molecule has 0 aliphatic rings. The minimum absolute atomic E-state index is 0.508. The summed E-state index contributed by atoms with van der Waals surface area (Å²) in [6.07, 6.45) is 18.2. The molecule has 0 N–H and O–H groups in total. The van der Waals surface area contributed by atoms with Crippen molar-refractivity contribution in [2.75, 3.05) is 0 Å². The first-order valence-corrected chi connectivity index (χ1v) is 39.3. The first-order chi connectivity index (χ1) is 59.4. The van der Waals surface area contributed by atoms with E-state index >= 15 is 0 Å². The standard InChI is InChI=1S/C32H20N2O.C27H17N3O.C24H16N2O.C23H15N3O/c1-3-11-27-21(8-1)16-22-9-2-4-12-28(22)31(27)25-17-24(23-10-7-15-33-20-23)18-26(19-25)32-34-29-13-5-6-14-30(29)35-32;1-2-10-21-18(7-1)8-5-11-22(21)20-15-24(19-9-6-14-28-17-19)29-25(16-20)27-30-23-12-3-4-13-26(23)31-27;1-2-7-17(8-3-1)19-13-20(18-9-6-12-25-16-18)15-21(14-19)24-26-22-10-4-5-11-23(22)27-24;1-2-6-22-21(5-1)26-23(27-22)20-13-18(16-7-10-24-11-8-16)12-19(14-20)17-4-3-9-25-15-17/h1-20H;1-17H;1-16H;1-15H. The number of rotatable bonds is 12. The molecule has 0 saturated carbocycles. The van der Waals surface area contributed by atoms with Crippen LogP contribution >= 0.6 is 0 Å². The van der Waals surface area contributed by atoms with Gasteiger partial charge in [0.15, 0.2) is 22.3 Å². The Morgan fingerprint density at radius 2 is 0.517 bits per heavy atom. The number of hydrogen-bond donors (Lipinski definition) is 0. The van der Waals surface area contributed by atoms with Crippen LogP contribution in [0.2, 0.25) is 0 Å². The Morgan fingerprint density at radius 1 is 0.175 bits per heavy atom. The Hall–Kier alpha value is -16.6. The minimum atomic E-state index is 0.508. The zero-order valence-corrected chi connectivity index (χ0v) is 64.4. The molecule has 10 heterocycles. The van der Waals surface area contributed by atoms with Crippen LogP contribution in [-0.4, -0.2) is 49.8 Å². The monoisotopic (exact) mass is 1540 g/mol. The van der Waals surface area contributed by atoms with Crippen molar-refractivity contribution < 1.29 is 17.7 Å². The number of nitrogens with zero attached hydrogens (tertiary/aromatic N) is 10. The van der Waals surface area contributed by atoms with E-state index in [1.54, 1.807) is 37.2 Å². The molecule has 10 aromatic heterocycles. The van der Waals surface area contributed by atoms with Crippen LogP contribution in [-0.2, 0) is 0 Å². The maximum Gasteiger partial charge on any atom is 0.246 e. The average Bonchev–Trinajstić information content (AvgIpc) is 0.851. The van der Waals surface area contributed by atoms with E-state index in [2.05, 4.69) is 228 Å². The summed E-state index contributed by atoms with van der Waals surface area (Å²) in [5.41, 5.74) is 27.1. The van der Waals surface area contributed by atoms with Gasteiger partial charge < -0.3 is 17.7 Å². The first-order valence-electron chi connectivity index (χ1n) is 39.3. The fourth-order valence-electron chi connectivity index (χ4n) is 15.2. The predicted molar refractivity (Wildman–Crippen MR) is 481 cm³/mol. The van der Waals surface area contributed by atoms with Crippen LogP contribution < -0.4 is 0 Å². The van der Waals surface area contributed by atoms with E-state index in [4.69, 9.17) is 27.6 Å². The zero-order valence-electron chi connectivity index (χ0n) is 64.4.